The summed E-state index contributed by atoms with van der Waals surface area (Å²) in [5.41, 5.74) is 0.813. The van der Waals surface area contributed by atoms with Crippen LogP contribution < -0.4 is 10.2 Å². The van der Waals surface area contributed by atoms with Crippen LogP contribution in [0.2, 0.25) is 10.0 Å². The lowest BCUT2D eigenvalue weighted by molar-refractivity contribution is 0.0919. The van der Waals surface area contributed by atoms with E-state index in [4.69, 9.17) is 32.4 Å². The quantitative estimate of drug-likeness (QED) is 0.304. The first-order valence-corrected chi connectivity index (χ1v) is 9.82. The molecule has 0 saturated carbocycles. The van der Waals surface area contributed by atoms with Crippen molar-refractivity contribution in [2.75, 3.05) is 6.61 Å². The minimum atomic E-state index is -0.381. The molecule has 0 fully saturated rings. The van der Waals surface area contributed by atoms with Gasteiger partial charge < -0.3 is 9.15 Å². The highest BCUT2D eigenvalue weighted by Crippen LogP contribution is 2.23. The first-order chi connectivity index (χ1) is 13.4. The normalized spacial score (nSPS) is 10.7. The molecule has 0 aliphatic rings. The Morgan fingerprint density at radius 2 is 2.04 bits per heavy atom. The van der Waals surface area contributed by atoms with E-state index in [9.17, 15) is 9.59 Å². The van der Waals surface area contributed by atoms with Gasteiger partial charge in [0.15, 0.2) is 17.5 Å². The van der Waals surface area contributed by atoms with Crippen molar-refractivity contribution in [3.8, 4) is 5.75 Å². The summed E-state index contributed by atoms with van der Waals surface area (Å²) in [6.07, 6.45) is 2.86. The summed E-state index contributed by atoms with van der Waals surface area (Å²) < 4.78 is 10.7. The summed E-state index contributed by atoms with van der Waals surface area (Å²) in [5, 5.41) is 1.21. The van der Waals surface area contributed by atoms with Crippen LogP contribution in [0.15, 0.2) is 57.2 Å². The first kappa shape index (κ1) is 20.4. The summed E-state index contributed by atoms with van der Waals surface area (Å²) in [6, 6.07) is 7.63. The number of aryl methyl sites for hydroxylation is 1. The third kappa shape index (κ3) is 5.34. The van der Waals surface area contributed by atoms with Crippen molar-refractivity contribution in [2.45, 2.75) is 17.8 Å². The highest BCUT2D eigenvalue weighted by Gasteiger charge is 2.12. The Bertz CT molecular complexity index is 1070. The van der Waals surface area contributed by atoms with Gasteiger partial charge in [-0.3, -0.25) is 9.59 Å². The van der Waals surface area contributed by atoms with Crippen LogP contribution in [0.3, 0.4) is 0 Å². The molecule has 0 N–H and O–H groups in total. The second-order valence-corrected chi connectivity index (χ2v) is 7.44. The van der Waals surface area contributed by atoms with Gasteiger partial charge >= 0.3 is 0 Å². The van der Waals surface area contributed by atoms with E-state index in [-0.39, 0.29) is 28.6 Å². The lowest BCUT2D eigenvalue weighted by Gasteiger charge is -2.06. The molecule has 0 aliphatic carbocycles. The van der Waals surface area contributed by atoms with Crippen LogP contribution in [0.25, 0.3) is 0 Å². The van der Waals surface area contributed by atoms with Crippen molar-refractivity contribution in [2.24, 2.45) is 0 Å². The molecule has 0 radical (unpaired) electrons. The molecule has 0 unspecified atom stereocenters. The maximum atomic E-state index is 12.2. The largest absolute Gasteiger partial charge is 0.478 e. The maximum absolute atomic E-state index is 12.2. The minimum absolute atomic E-state index is 0.0473. The van der Waals surface area contributed by atoms with Crippen molar-refractivity contribution in [1.29, 1.82) is 0 Å². The summed E-state index contributed by atoms with van der Waals surface area (Å²) in [5.74, 6) is 0.452. The van der Waals surface area contributed by atoms with E-state index < -0.39 is 0 Å². The number of benzene rings is 1. The van der Waals surface area contributed by atoms with E-state index in [0.717, 1.165) is 5.69 Å². The van der Waals surface area contributed by atoms with Crippen molar-refractivity contribution >= 4 is 40.7 Å². The van der Waals surface area contributed by atoms with Crippen LogP contribution in [-0.4, -0.2) is 22.4 Å². The number of nitrogens with zero attached hydrogens (tertiary/aromatic N) is 2. The molecule has 28 heavy (non-hydrogen) atoms. The molecule has 0 spiro atoms. The highest BCUT2D eigenvalue weighted by molar-refractivity contribution is 7.98. The number of Topliss-reactive ketones (excluding diaryl/α,β-unsaturated/α-hetero) is 1. The number of aromatic nitrogens is 2. The fourth-order valence-electron chi connectivity index (χ4n) is 2.15. The van der Waals surface area contributed by atoms with Gasteiger partial charge in [-0.05, 0) is 31.2 Å². The SMILES string of the molecule is Cc1ccnc(SCc2cc(=O)c(OCC(=O)c3ccc(Cl)c(Cl)c3)co2)n1. The van der Waals surface area contributed by atoms with E-state index in [0.29, 0.717) is 27.3 Å². The number of carbonyl (C=O) groups is 1. The molecular weight excluding hydrogens is 423 g/mol. The summed E-state index contributed by atoms with van der Waals surface area (Å²) in [7, 11) is 0. The van der Waals surface area contributed by atoms with Gasteiger partial charge in [-0.25, -0.2) is 9.97 Å². The lowest BCUT2D eigenvalue weighted by atomic mass is 10.1. The van der Waals surface area contributed by atoms with Crippen molar-refractivity contribution in [3.63, 3.8) is 0 Å². The molecule has 9 heteroatoms. The molecule has 2 aromatic heterocycles. The number of rotatable bonds is 7. The van der Waals surface area contributed by atoms with Crippen molar-refractivity contribution in [1.82, 2.24) is 9.97 Å². The van der Waals surface area contributed by atoms with E-state index in [1.165, 1.54) is 42.3 Å². The van der Waals surface area contributed by atoms with Gasteiger partial charge in [0.1, 0.15) is 12.0 Å². The summed E-state index contributed by atoms with van der Waals surface area (Å²) in [6.45, 7) is 1.55. The summed E-state index contributed by atoms with van der Waals surface area (Å²) >= 11 is 13.1. The van der Waals surface area contributed by atoms with E-state index >= 15 is 0 Å². The molecule has 3 rings (SSSR count). The monoisotopic (exact) mass is 436 g/mol. The van der Waals surface area contributed by atoms with Gasteiger partial charge in [0.25, 0.3) is 0 Å². The molecule has 0 saturated heterocycles. The molecule has 2 heterocycles. The van der Waals surface area contributed by atoms with Crippen LogP contribution in [-0.2, 0) is 5.75 Å². The Labute approximate surface area is 174 Å². The van der Waals surface area contributed by atoms with Crippen LogP contribution in [0, 0.1) is 6.92 Å². The highest BCUT2D eigenvalue weighted by atomic mass is 35.5. The maximum Gasteiger partial charge on any atom is 0.227 e. The molecular formula is C19H14Cl2N2O4S. The van der Waals surface area contributed by atoms with Crippen molar-refractivity contribution in [3.05, 3.63) is 80.1 Å². The van der Waals surface area contributed by atoms with Gasteiger partial charge in [-0.1, -0.05) is 35.0 Å². The van der Waals surface area contributed by atoms with Gasteiger partial charge in [-0.15, -0.1) is 0 Å². The predicted octanol–water partition coefficient (Wildman–Crippen LogP) is 4.60. The Balaban J connectivity index is 1.60. The zero-order valence-electron chi connectivity index (χ0n) is 14.6. The molecule has 144 valence electrons. The standard InChI is InChI=1S/C19H14Cl2N2O4S/c1-11-4-5-22-19(23-11)28-10-13-7-16(24)18(9-26-13)27-8-17(25)12-2-3-14(20)15(21)6-12/h2-7,9H,8,10H2,1H3. The molecule has 0 amide bonds. The average molecular weight is 437 g/mol. The fourth-order valence-corrected chi connectivity index (χ4v) is 3.21. The minimum Gasteiger partial charge on any atom is -0.478 e. The predicted molar refractivity (Wildman–Crippen MR) is 108 cm³/mol. The van der Waals surface area contributed by atoms with Gasteiger partial charge in [0, 0.05) is 23.5 Å². The topological polar surface area (TPSA) is 82.3 Å². The first-order valence-electron chi connectivity index (χ1n) is 8.07. The number of hydrogen-bond donors (Lipinski definition) is 0. The zero-order valence-corrected chi connectivity index (χ0v) is 17.0. The molecule has 1 aromatic carbocycles. The molecule has 0 bridgehead atoms. The van der Waals surface area contributed by atoms with E-state index in [1.54, 1.807) is 12.3 Å². The van der Waals surface area contributed by atoms with Crippen LogP contribution in [0.4, 0.5) is 0 Å². The van der Waals surface area contributed by atoms with Crippen molar-refractivity contribution < 1.29 is 13.9 Å². The van der Waals surface area contributed by atoms with Crippen LogP contribution in [0.5, 0.6) is 5.75 Å². The number of halogens is 2. The molecule has 3 aromatic rings. The fraction of sp³-hybridized carbons (Fsp3) is 0.158. The van der Waals surface area contributed by atoms with Gasteiger partial charge in [0.05, 0.1) is 15.8 Å². The number of ketones is 1. The zero-order chi connectivity index (χ0) is 20.1. The van der Waals surface area contributed by atoms with Gasteiger partial charge in [-0.2, -0.15) is 0 Å². The molecule has 6 nitrogen and oxygen atoms in total. The van der Waals surface area contributed by atoms with E-state index in [1.807, 2.05) is 6.92 Å². The number of hydrogen-bond acceptors (Lipinski definition) is 7. The van der Waals surface area contributed by atoms with Gasteiger partial charge in [0.2, 0.25) is 11.2 Å². The Hall–Kier alpha value is -2.35. The Morgan fingerprint density at radius 3 is 2.75 bits per heavy atom. The average Bonchev–Trinajstić information content (AvgIpc) is 2.67. The third-order valence-electron chi connectivity index (χ3n) is 3.57. The Morgan fingerprint density at radius 1 is 1.21 bits per heavy atom. The number of ether oxygens (including phenoxy) is 1. The smallest absolute Gasteiger partial charge is 0.227 e. The number of carbonyl (C=O) groups excluding carboxylic acids is 1. The lowest BCUT2D eigenvalue weighted by Crippen LogP contribution is -2.15. The molecule has 0 aliphatic heterocycles. The summed E-state index contributed by atoms with van der Waals surface area (Å²) in [4.78, 5) is 32.8. The molecule has 0 atom stereocenters. The number of thioether (sulfide) groups is 1. The van der Waals surface area contributed by atoms with E-state index in [2.05, 4.69) is 9.97 Å². The van der Waals surface area contributed by atoms with Crippen LogP contribution in [0.1, 0.15) is 21.8 Å². The Kier molecular flexibility index (Phi) is 6.72. The second-order valence-electron chi connectivity index (χ2n) is 5.68. The van der Waals surface area contributed by atoms with Crippen LogP contribution >= 0.6 is 35.0 Å². The second kappa shape index (κ2) is 9.23. The third-order valence-corrected chi connectivity index (χ3v) is 5.19.